The lowest BCUT2D eigenvalue weighted by Gasteiger charge is -2.24. The summed E-state index contributed by atoms with van der Waals surface area (Å²) in [5, 5.41) is 21.2. The highest BCUT2D eigenvalue weighted by atomic mass is 31.3. The number of phosphoric acid groups is 3. The van der Waals surface area contributed by atoms with Gasteiger partial charge in [0.2, 0.25) is 0 Å². The van der Waals surface area contributed by atoms with E-state index in [2.05, 4.69) is 18.6 Å². The van der Waals surface area contributed by atoms with Crippen molar-refractivity contribution in [3.05, 3.63) is 18.6 Å². The predicted molar refractivity (Wildman–Crippen MR) is 103 cm³/mol. The molecule has 0 amide bonds. The molecule has 19 heteroatoms. The third-order valence-electron chi connectivity index (χ3n) is 5.58. The van der Waals surface area contributed by atoms with E-state index in [1.54, 1.807) is 6.07 Å². The maximum atomic E-state index is 12.0. The maximum absolute atomic E-state index is 12.0. The molecule has 32 heavy (non-hydrogen) atoms. The van der Waals surface area contributed by atoms with Crippen LogP contribution in [0.1, 0.15) is 12.5 Å². The first-order valence-electron chi connectivity index (χ1n) is 8.87. The summed E-state index contributed by atoms with van der Waals surface area (Å²) in [6.45, 7) is -0.682. The normalized spacial score (nSPS) is 33.6. The number of hydrogen-bond donors (Lipinski definition) is 7. The van der Waals surface area contributed by atoms with Crippen LogP contribution in [0, 0.1) is 11.3 Å². The third kappa shape index (κ3) is 4.30. The van der Waals surface area contributed by atoms with Crippen molar-refractivity contribution in [2.24, 2.45) is 11.3 Å². The molecule has 178 valence electrons. The number of anilines is 1. The zero-order valence-corrected chi connectivity index (χ0v) is 18.5. The van der Waals surface area contributed by atoms with Gasteiger partial charge in [-0.2, -0.15) is 8.62 Å². The molecule has 2 unspecified atom stereocenters. The first-order chi connectivity index (χ1) is 14.7. The standard InChI is InChI=1S/C13H19N4O12P3/c14-7-1-2-15-12-8(7)16-5-17(12)9-6-3-13(6,11(19)10(9)18)4-27-31(23,24)29-32(25,26)28-30(20,21)22/h1-2,5-6,9-11,18-19H,3-4H2,(H2,14,15)(H,23,24)(H,25,26)(H2,20,21,22)/t6-,9-,10+,11+,13+/m1/s1. The smallest absolute Gasteiger partial charge is 0.397 e. The number of aliphatic hydroxyl groups is 2. The summed E-state index contributed by atoms with van der Waals surface area (Å²) < 4.78 is 47.7. The fourth-order valence-corrected chi connectivity index (χ4v) is 7.30. The number of imidazole rings is 1. The lowest BCUT2D eigenvalue weighted by Crippen LogP contribution is -2.35. The minimum Gasteiger partial charge on any atom is -0.397 e. The van der Waals surface area contributed by atoms with Gasteiger partial charge in [-0.15, -0.1) is 0 Å². The molecule has 7 atom stereocenters. The number of nitrogens with zero attached hydrogens (tertiary/aromatic N) is 3. The Bertz CT molecular complexity index is 1200. The number of rotatable bonds is 8. The Balaban J connectivity index is 1.50. The van der Waals surface area contributed by atoms with Gasteiger partial charge in [-0.3, -0.25) is 4.52 Å². The van der Waals surface area contributed by atoms with Gasteiger partial charge in [0.15, 0.2) is 5.65 Å². The largest absolute Gasteiger partial charge is 0.490 e. The summed E-state index contributed by atoms with van der Waals surface area (Å²) in [6.07, 6.45) is 0.337. The Morgan fingerprint density at radius 3 is 2.47 bits per heavy atom. The van der Waals surface area contributed by atoms with Gasteiger partial charge in [0.1, 0.15) is 11.6 Å². The van der Waals surface area contributed by atoms with Gasteiger partial charge >= 0.3 is 23.5 Å². The van der Waals surface area contributed by atoms with Crippen molar-refractivity contribution in [1.82, 2.24) is 14.5 Å². The Hall–Kier alpha value is -1.25. The second kappa shape index (κ2) is 7.64. The Kier molecular flexibility index (Phi) is 5.70. The van der Waals surface area contributed by atoms with E-state index in [0.717, 1.165) is 0 Å². The Morgan fingerprint density at radius 1 is 1.12 bits per heavy atom. The number of phosphoric ester groups is 1. The zero-order valence-electron chi connectivity index (χ0n) is 15.8. The number of fused-ring (bicyclic) bond motifs is 2. The average molecular weight is 516 g/mol. The molecule has 0 saturated heterocycles. The van der Waals surface area contributed by atoms with E-state index in [0.29, 0.717) is 16.9 Å². The van der Waals surface area contributed by atoms with Crippen molar-refractivity contribution in [1.29, 1.82) is 0 Å². The number of aliphatic hydroxyl groups excluding tert-OH is 2. The minimum atomic E-state index is -5.66. The quantitative estimate of drug-likeness (QED) is 0.221. The molecule has 2 aromatic heterocycles. The van der Waals surface area contributed by atoms with Crippen LogP contribution in [0.15, 0.2) is 18.6 Å². The SMILES string of the molecule is Nc1ccnc2c1ncn2[C@H]1[C@H](O)[C@H](O)[C@]2(COP(=O)(O)OP(=O)(O)OP(=O)(O)O)C[C@H]12. The Morgan fingerprint density at radius 2 is 1.81 bits per heavy atom. The molecule has 0 aromatic carbocycles. The van der Waals surface area contributed by atoms with Crippen molar-refractivity contribution in [3.8, 4) is 0 Å². The highest BCUT2D eigenvalue weighted by Crippen LogP contribution is 2.71. The van der Waals surface area contributed by atoms with Gasteiger partial charge in [0.05, 0.1) is 30.8 Å². The molecule has 16 nitrogen and oxygen atoms in total. The van der Waals surface area contributed by atoms with E-state index in [4.69, 9.17) is 20.0 Å². The average Bonchev–Trinajstić information content (AvgIpc) is 3.12. The fourth-order valence-electron chi connectivity index (χ4n) is 4.20. The van der Waals surface area contributed by atoms with E-state index >= 15 is 0 Å². The van der Waals surface area contributed by atoms with Crippen LogP contribution in [0.4, 0.5) is 5.69 Å². The third-order valence-corrected chi connectivity index (χ3v) is 9.36. The molecule has 2 aromatic rings. The summed E-state index contributed by atoms with van der Waals surface area (Å²) >= 11 is 0. The Labute approximate surface area is 179 Å². The minimum absolute atomic E-state index is 0.244. The van der Waals surface area contributed by atoms with E-state index in [-0.39, 0.29) is 6.42 Å². The molecule has 2 fully saturated rings. The van der Waals surface area contributed by atoms with Gasteiger partial charge in [0.25, 0.3) is 0 Å². The highest BCUT2D eigenvalue weighted by Gasteiger charge is 2.72. The van der Waals surface area contributed by atoms with Gasteiger partial charge in [0, 0.05) is 11.6 Å². The molecular formula is C13H19N4O12P3. The van der Waals surface area contributed by atoms with Gasteiger partial charge in [-0.25, -0.2) is 23.7 Å². The van der Waals surface area contributed by atoms with Gasteiger partial charge in [-0.05, 0) is 18.4 Å². The molecule has 4 rings (SSSR count). The zero-order chi connectivity index (χ0) is 23.7. The van der Waals surface area contributed by atoms with E-state index < -0.39 is 59.7 Å². The van der Waals surface area contributed by atoms with Crippen LogP contribution in [0.25, 0.3) is 11.2 Å². The molecule has 0 spiro atoms. The fraction of sp³-hybridized carbons (Fsp3) is 0.538. The summed E-state index contributed by atoms with van der Waals surface area (Å²) in [4.78, 5) is 44.4. The van der Waals surface area contributed by atoms with E-state index in [9.17, 15) is 33.7 Å². The summed E-state index contributed by atoms with van der Waals surface area (Å²) in [6, 6.07) is 0.817. The monoisotopic (exact) mass is 516 g/mol. The molecular weight excluding hydrogens is 497 g/mol. The summed E-state index contributed by atoms with van der Waals surface area (Å²) in [5.74, 6) is -0.458. The first kappa shape index (κ1) is 23.9. The van der Waals surface area contributed by atoms with Crippen molar-refractivity contribution in [3.63, 3.8) is 0 Å². The number of aromatic nitrogens is 3. The number of nitrogens with two attached hydrogens (primary N) is 1. The van der Waals surface area contributed by atoms with Crippen LogP contribution >= 0.6 is 23.5 Å². The van der Waals surface area contributed by atoms with Crippen LogP contribution in [-0.2, 0) is 26.8 Å². The molecule has 2 heterocycles. The van der Waals surface area contributed by atoms with Crippen molar-refractivity contribution in [2.75, 3.05) is 12.3 Å². The van der Waals surface area contributed by atoms with E-state index in [1.807, 2.05) is 0 Å². The van der Waals surface area contributed by atoms with Crippen LogP contribution < -0.4 is 5.73 Å². The van der Waals surface area contributed by atoms with Crippen molar-refractivity contribution in [2.45, 2.75) is 24.7 Å². The van der Waals surface area contributed by atoms with Gasteiger partial charge in [-0.1, -0.05) is 0 Å². The molecule has 2 saturated carbocycles. The maximum Gasteiger partial charge on any atom is 0.490 e. The van der Waals surface area contributed by atoms with E-state index in [1.165, 1.54) is 17.1 Å². The van der Waals surface area contributed by atoms with Crippen molar-refractivity contribution >= 4 is 40.3 Å². The summed E-state index contributed by atoms with van der Waals surface area (Å²) in [7, 11) is -16.5. The van der Waals surface area contributed by atoms with Crippen LogP contribution in [0.2, 0.25) is 0 Å². The second-order valence-corrected chi connectivity index (χ2v) is 12.0. The lowest BCUT2D eigenvalue weighted by atomic mass is 10.0. The van der Waals surface area contributed by atoms with Crippen molar-refractivity contribution < 1.29 is 56.6 Å². The first-order valence-corrected chi connectivity index (χ1v) is 13.4. The number of hydrogen-bond acceptors (Lipinski definition) is 11. The van der Waals surface area contributed by atoms with Gasteiger partial charge < -0.3 is 40.1 Å². The topological polar surface area (TPSA) is 257 Å². The number of pyridine rings is 1. The predicted octanol–water partition coefficient (Wildman–Crippen LogP) is -0.360. The molecule has 2 aliphatic carbocycles. The molecule has 8 N–H and O–H groups in total. The summed E-state index contributed by atoms with van der Waals surface area (Å²) in [5.41, 5.74) is 5.77. The molecule has 2 aliphatic rings. The molecule has 0 bridgehead atoms. The lowest BCUT2D eigenvalue weighted by molar-refractivity contribution is -0.0297. The van der Waals surface area contributed by atoms with Crippen LogP contribution in [0.5, 0.6) is 0 Å². The highest BCUT2D eigenvalue weighted by molar-refractivity contribution is 7.66. The van der Waals surface area contributed by atoms with Crippen LogP contribution in [-0.4, -0.2) is 63.1 Å². The molecule has 0 radical (unpaired) electrons. The number of nitrogen functional groups attached to an aromatic ring is 1. The molecule has 0 aliphatic heterocycles. The van der Waals surface area contributed by atoms with Crippen LogP contribution in [0.3, 0.4) is 0 Å². The second-order valence-electron chi connectivity index (χ2n) is 7.56.